The van der Waals surface area contributed by atoms with E-state index >= 15 is 0 Å². The minimum Gasteiger partial charge on any atom is -0.508 e. The largest absolute Gasteiger partial charge is 0.508 e. The Bertz CT molecular complexity index is 361. The second-order valence-corrected chi connectivity index (χ2v) is 3.96. The molecule has 1 aromatic carbocycles. The fourth-order valence-corrected chi connectivity index (χ4v) is 1.48. The molecule has 3 nitrogen and oxygen atoms in total. The van der Waals surface area contributed by atoms with E-state index in [1.807, 2.05) is 0 Å². The zero-order valence-electron chi connectivity index (χ0n) is 9.92. The van der Waals surface area contributed by atoms with Crippen molar-refractivity contribution in [1.82, 2.24) is 5.32 Å². The molecular formula is C13H19NO2. The highest BCUT2D eigenvalue weighted by molar-refractivity contribution is 5.94. The van der Waals surface area contributed by atoms with E-state index in [1.165, 1.54) is 0 Å². The van der Waals surface area contributed by atoms with E-state index in [2.05, 4.69) is 12.2 Å². The van der Waals surface area contributed by atoms with E-state index in [9.17, 15) is 9.90 Å². The van der Waals surface area contributed by atoms with Crippen molar-refractivity contribution >= 4 is 5.91 Å². The van der Waals surface area contributed by atoms with Crippen LogP contribution in [0.4, 0.5) is 0 Å². The zero-order valence-corrected chi connectivity index (χ0v) is 9.92. The van der Waals surface area contributed by atoms with E-state index in [1.54, 1.807) is 25.1 Å². The summed E-state index contributed by atoms with van der Waals surface area (Å²) in [6.45, 7) is 4.63. The predicted molar refractivity (Wildman–Crippen MR) is 64.7 cm³/mol. The fourth-order valence-electron chi connectivity index (χ4n) is 1.48. The number of phenolic OH excluding ortho intramolecular Hbond substituents is 1. The highest BCUT2D eigenvalue weighted by atomic mass is 16.3. The van der Waals surface area contributed by atoms with Gasteiger partial charge in [-0.25, -0.2) is 0 Å². The first-order valence-corrected chi connectivity index (χ1v) is 5.73. The summed E-state index contributed by atoms with van der Waals surface area (Å²) in [5.74, 6) is 0.154. The molecule has 0 aliphatic heterocycles. The average molecular weight is 221 g/mol. The van der Waals surface area contributed by atoms with Crippen molar-refractivity contribution < 1.29 is 9.90 Å². The van der Waals surface area contributed by atoms with Gasteiger partial charge in [-0.1, -0.05) is 19.8 Å². The molecule has 0 radical (unpaired) electrons. The molecule has 0 fully saturated rings. The molecule has 1 aromatic rings. The van der Waals surface area contributed by atoms with Gasteiger partial charge in [0, 0.05) is 12.1 Å². The van der Waals surface area contributed by atoms with Crippen LogP contribution in [0.1, 0.15) is 42.1 Å². The van der Waals surface area contributed by atoms with E-state index in [0.717, 1.165) is 24.8 Å². The lowest BCUT2D eigenvalue weighted by Gasteiger charge is -2.06. The lowest BCUT2D eigenvalue weighted by molar-refractivity contribution is 0.0953. The topological polar surface area (TPSA) is 49.3 Å². The maximum atomic E-state index is 11.7. The van der Waals surface area contributed by atoms with Crippen molar-refractivity contribution in [3.8, 4) is 5.75 Å². The summed E-state index contributed by atoms with van der Waals surface area (Å²) in [5, 5.41) is 12.2. The number of rotatable bonds is 5. The molecule has 1 amide bonds. The average Bonchev–Trinajstić information content (AvgIpc) is 2.28. The summed E-state index contributed by atoms with van der Waals surface area (Å²) in [6.07, 6.45) is 3.29. The molecule has 0 aliphatic rings. The Hall–Kier alpha value is -1.51. The van der Waals surface area contributed by atoms with Crippen LogP contribution in [0.25, 0.3) is 0 Å². The minimum absolute atomic E-state index is 0.0702. The number of carbonyl (C=O) groups excluding carboxylic acids is 1. The van der Waals surface area contributed by atoms with Gasteiger partial charge in [-0.05, 0) is 37.1 Å². The van der Waals surface area contributed by atoms with Crippen LogP contribution in [0, 0.1) is 6.92 Å². The molecule has 0 unspecified atom stereocenters. The van der Waals surface area contributed by atoms with E-state index < -0.39 is 0 Å². The molecule has 16 heavy (non-hydrogen) atoms. The number of unbranched alkanes of at least 4 members (excludes halogenated alkanes) is 2. The maximum Gasteiger partial charge on any atom is 0.251 e. The number of aromatic hydroxyl groups is 1. The van der Waals surface area contributed by atoms with Gasteiger partial charge in [0.05, 0.1) is 0 Å². The van der Waals surface area contributed by atoms with Crippen molar-refractivity contribution in [1.29, 1.82) is 0 Å². The third kappa shape index (κ3) is 3.57. The second kappa shape index (κ2) is 6.16. The Kier molecular flexibility index (Phi) is 4.83. The highest BCUT2D eigenvalue weighted by Crippen LogP contribution is 2.16. The molecule has 3 heteroatoms. The molecule has 0 aliphatic carbocycles. The van der Waals surface area contributed by atoms with Crippen LogP contribution in [-0.4, -0.2) is 17.6 Å². The van der Waals surface area contributed by atoms with Crippen molar-refractivity contribution in [2.24, 2.45) is 0 Å². The third-order valence-corrected chi connectivity index (χ3v) is 2.52. The number of hydrogen-bond donors (Lipinski definition) is 2. The van der Waals surface area contributed by atoms with Gasteiger partial charge < -0.3 is 10.4 Å². The van der Waals surface area contributed by atoms with Gasteiger partial charge >= 0.3 is 0 Å². The summed E-state index contributed by atoms with van der Waals surface area (Å²) < 4.78 is 0. The Balaban J connectivity index is 2.50. The molecule has 0 bridgehead atoms. The van der Waals surface area contributed by atoms with Gasteiger partial charge in [-0.3, -0.25) is 4.79 Å². The number of benzene rings is 1. The lowest BCUT2D eigenvalue weighted by atomic mass is 10.1. The molecule has 0 spiro atoms. The van der Waals surface area contributed by atoms with Crippen molar-refractivity contribution in [3.63, 3.8) is 0 Å². The minimum atomic E-state index is -0.0702. The number of amides is 1. The summed E-state index contributed by atoms with van der Waals surface area (Å²) in [4.78, 5) is 11.7. The standard InChI is InChI=1S/C13H19NO2/c1-3-4-5-8-14-13(16)11-6-7-12(15)10(2)9-11/h6-7,9,15H,3-5,8H2,1-2H3,(H,14,16). The summed E-state index contributed by atoms with van der Waals surface area (Å²) in [6, 6.07) is 4.89. The highest BCUT2D eigenvalue weighted by Gasteiger charge is 2.06. The summed E-state index contributed by atoms with van der Waals surface area (Å²) in [5.41, 5.74) is 1.33. The SMILES string of the molecule is CCCCCNC(=O)c1ccc(O)c(C)c1. The number of carbonyl (C=O) groups is 1. The monoisotopic (exact) mass is 221 g/mol. The molecule has 2 N–H and O–H groups in total. The second-order valence-electron chi connectivity index (χ2n) is 3.96. The molecule has 1 rings (SSSR count). The number of nitrogens with one attached hydrogen (secondary N) is 1. The molecule has 0 heterocycles. The first-order chi connectivity index (χ1) is 7.65. The Morgan fingerprint density at radius 1 is 1.38 bits per heavy atom. The van der Waals surface area contributed by atoms with Gasteiger partial charge in [0.1, 0.15) is 5.75 Å². The molecule has 0 saturated carbocycles. The summed E-state index contributed by atoms with van der Waals surface area (Å²) >= 11 is 0. The van der Waals surface area contributed by atoms with Crippen molar-refractivity contribution in [3.05, 3.63) is 29.3 Å². The normalized spacial score (nSPS) is 10.1. The quantitative estimate of drug-likeness (QED) is 0.751. The van der Waals surface area contributed by atoms with Crippen molar-refractivity contribution in [2.75, 3.05) is 6.54 Å². The smallest absolute Gasteiger partial charge is 0.251 e. The first kappa shape index (κ1) is 12.6. The molecule has 0 saturated heterocycles. The number of phenols is 1. The number of hydrogen-bond acceptors (Lipinski definition) is 2. The van der Waals surface area contributed by atoms with Gasteiger partial charge in [0.15, 0.2) is 0 Å². The van der Waals surface area contributed by atoms with Crippen LogP contribution < -0.4 is 5.32 Å². The van der Waals surface area contributed by atoms with Crippen molar-refractivity contribution in [2.45, 2.75) is 33.1 Å². The number of aryl methyl sites for hydroxylation is 1. The van der Waals surface area contributed by atoms with Crippen LogP contribution in [-0.2, 0) is 0 Å². The van der Waals surface area contributed by atoms with Gasteiger partial charge in [0.2, 0.25) is 0 Å². The van der Waals surface area contributed by atoms with E-state index in [4.69, 9.17) is 0 Å². The molecule has 88 valence electrons. The molecule has 0 atom stereocenters. The molecular weight excluding hydrogens is 202 g/mol. The van der Waals surface area contributed by atoms with Gasteiger partial charge in [-0.2, -0.15) is 0 Å². The Labute approximate surface area is 96.5 Å². The van der Waals surface area contributed by atoms with E-state index in [-0.39, 0.29) is 11.7 Å². The fraction of sp³-hybridized carbons (Fsp3) is 0.462. The lowest BCUT2D eigenvalue weighted by Crippen LogP contribution is -2.24. The first-order valence-electron chi connectivity index (χ1n) is 5.73. The maximum absolute atomic E-state index is 11.7. The Morgan fingerprint density at radius 2 is 2.12 bits per heavy atom. The van der Waals surface area contributed by atoms with Crippen LogP contribution in [0.5, 0.6) is 5.75 Å². The summed E-state index contributed by atoms with van der Waals surface area (Å²) in [7, 11) is 0. The van der Waals surface area contributed by atoms with Gasteiger partial charge in [0.25, 0.3) is 5.91 Å². The third-order valence-electron chi connectivity index (χ3n) is 2.52. The van der Waals surface area contributed by atoms with Crippen LogP contribution >= 0.6 is 0 Å². The van der Waals surface area contributed by atoms with E-state index in [0.29, 0.717) is 12.1 Å². The van der Waals surface area contributed by atoms with Crippen LogP contribution in [0.15, 0.2) is 18.2 Å². The molecule has 0 aromatic heterocycles. The zero-order chi connectivity index (χ0) is 12.0. The van der Waals surface area contributed by atoms with Crippen LogP contribution in [0.3, 0.4) is 0 Å². The Morgan fingerprint density at radius 3 is 2.75 bits per heavy atom. The predicted octanol–water partition coefficient (Wildman–Crippen LogP) is 2.62. The van der Waals surface area contributed by atoms with Crippen LogP contribution in [0.2, 0.25) is 0 Å². The van der Waals surface area contributed by atoms with Gasteiger partial charge in [-0.15, -0.1) is 0 Å².